The number of fused-ring (bicyclic) bond motifs is 1. The minimum atomic E-state index is -0.630. The number of aliphatic carboxylic acids is 1. The summed E-state index contributed by atoms with van der Waals surface area (Å²) in [5.74, 6) is -0.0957. The van der Waals surface area contributed by atoms with Gasteiger partial charge in [0.2, 0.25) is 0 Å². The number of carboxylic acids is 1. The first kappa shape index (κ1) is 9.85. The molecule has 0 spiro atoms. The van der Waals surface area contributed by atoms with Crippen LogP contribution in [0.5, 0.6) is 0 Å². The van der Waals surface area contributed by atoms with Gasteiger partial charge in [0.25, 0.3) is 0 Å². The van der Waals surface area contributed by atoms with E-state index in [1.165, 1.54) is 11.1 Å². The Labute approximate surface area is 94.5 Å². The van der Waals surface area contributed by atoms with Crippen LogP contribution in [0.4, 0.5) is 0 Å². The Kier molecular flexibility index (Phi) is 2.04. The van der Waals surface area contributed by atoms with Gasteiger partial charge in [-0.2, -0.15) is 0 Å². The molecule has 1 aliphatic heterocycles. The third kappa shape index (κ3) is 1.28. The van der Waals surface area contributed by atoms with Crippen LogP contribution in [0.3, 0.4) is 0 Å². The Morgan fingerprint density at radius 3 is 2.81 bits per heavy atom. The summed E-state index contributed by atoms with van der Waals surface area (Å²) in [6.45, 7) is 2.93. The van der Waals surface area contributed by atoms with Crippen LogP contribution in [0.15, 0.2) is 24.3 Å². The Balaban J connectivity index is 1.88. The van der Waals surface area contributed by atoms with E-state index < -0.39 is 5.97 Å². The van der Waals surface area contributed by atoms with Gasteiger partial charge in [0.1, 0.15) is 0 Å². The van der Waals surface area contributed by atoms with E-state index in [1.807, 2.05) is 12.1 Å². The fourth-order valence-electron chi connectivity index (χ4n) is 3.12. The molecule has 0 bridgehead atoms. The molecule has 4 unspecified atom stereocenters. The molecule has 1 heterocycles. The van der Waals surface area contributed by atoms with Gasteiger partial charge < -0.3 is 10.4 Å². The van der Waals surface area contributed by atoms with Crippen molar-refractivity contribution in [1.82, 2.24) is 5.32 Å². The lowest BCUT2D eigenvalue weighted by Gasteiger charge is -2.17. The summed E-state index contributed by atoms with van der Waals surface area (Å²) in [5.41, 5.74) is 2.51. The van der Waals surface area contributed by atoms with Crippen LogP contribution in [0.25, 0.3) is 0 Å². The van der Waals surface area contributed by atoms with E-state index in [0.717, 1.165) is 6.54 Å². The molecule has 1 saturated heterocycles. The lowest BCUT2D eigenvalue weighted by atomic mass is 9.97. The molecular weight excluding hydrogens is 202 g/mol. The highest BCUT2D eigenvalue weighted by molar-refractivity contribution is 5.75. The largest absolute Gasteiger partial charge is 0.481 e. The van der Waals surface area contributed by atoms with E-state index in [9.17, 15) is 4.79 Å². The minimum absolute atomic E-state index is 0.120. The average molecular weight is 217 g/mol. The second-order valence-electron chi connectivity index (χ2n) is 4.85. The van der Waals surface area contributed by atoms with E-state index in [1.54, 1.807) is 0 Å². The zero-order valence-corrected chi connectivity index (χ0v) is 9.18. The second kappa shape index (κ2) is 3.32. The van der Waals surface area contributed by atoms with Gasteiger partial charge >= 0.3 is 5.97 Å². The van der Waals surface area contributed by atoms with Crippen LogP contribution >= 0.6 is 0 Å². The first-order valence-corrected chi connectivity index (χ1v) is 5.72. The van der Waals surface area contributed by atoms with Gasteiger partial charge in [-0.1, -0.05) is 24.3 Å². The number of hydrogen-bond acceptors (Lipinski definition) is 2. The van der Waals surface area contributed by atoms with Crippen molar-refractivity contribution >= 4 is 5.97 Å². The molecule has 0 radical (unpaired) electrons. The number of nitrogens with one attached hydrogen (secondary N) is 1. The maximum Gasteiger partial charge on any atom is 0.307 e. The maximum atomic E-state index is 11.0. The molecule has 1 aromatic carbocycles. The zero-order valence-electron chi connectivity index (χ0n) is 9.18. The summed E-state index contributed by atoms with van der Waals surface area (Å²) in [6, 6.07) is 8.48. The van der Waals surface area contributed by atoms with Gasteiger partial charge in [-0.3, -0.25) is 4.79 Å². The number of rotatable bonds is 2. The van der Waals surface area contributed by atoms with Crippen LogP contribution in [0, 0.1) is 24.7 Å². The fraction of sp³-hybridized carbons (Fsp3) is 0.462. The highest BCUT2D eigenvalue weighted by atomic mass is 16.4. The van der Waals surface area contributed by atoms with E-state index in [4.69, 9.17) is 5.11 Å². The topological polar surface area (TPSA) is 49.3 Å². The lowest BCUT2D eigenvalue weighted by Crippen LogP contribution is -2.23. The van der Waals surface area contributed by atoms with Gasteiger partial charge in [-0.05, 0) is 36.4 Å². The smallest absolute Gasteiger partial charge is 0.307 e. The summed E-state index contributed by atoms with van der Waals surface area (Å²) in [7, 11) is 0. The molecule has 2 aliphatic rings. The molecule has 3 nitrogen and oxygen atoms in total. The van der Waals surface area contributed by atoms with Crippen LogP contribution in [-0.2, 0) is 4.79 Å². The molecule has 0 aromatic heterocycles. The molecule has 2 N–H and O–H groups in total. The third-order valence-corrected chi connectivity index (χ3v) is 4.00. The quantitative estimate of drug-likeness (QED) is 0.790. The molecule has 2 fully saturated rings. The number of piperidine rings is 1. The van der Waals surface area contributed by atoms with E-state index in [2.05, 4.69) is 24.4 Å². The van der Waals surface area contributed by atoms with Gasteiger partial charge in [0, 0.05) is 6.04 Å². The Hall–Kier alpha value is -1.35. The molecule has 16 heavy (non-hydrogen) atoms. The number of benzene rings is 1. The number of carboxylic acid groups (broad SMARTS) is 1. The molecule has 1 saturated carbocycles. The van der Waals surface area contributed by atoms with Crippen LogP contribution < -0.4 is 5.32 Å². The predicted octanol–water partition coefficient (Wildman–Crippen LogP) is 1.59. The Morgan fingerprint density at radius 2 is 2.19 bits per heavy atom. The molecular formula is C13H15NO2. The number of aryl methyl sites for hydroxylation is 1. The molecule has 0 amide bonds. The van der Waals surface area contributed by atoms with Crippen molar-refractivity contribution in [3.05, 3.63) is 35.4 Å². The van der Waals surface area contributed by atoms with Gasteiger partial charge in [-0.25, -0.2) is 0 Å². The summed E-state index contributed by atoms with van der Waals surface area (Å²) in [6.07, 6.45) is 0. The van der Waals surface area contributed by atoms with Crippen LogP contribution in [0.2, 0.25) is 0 Å². The van der Waals surface area contributed by atoms with E-state index in [-0.39, 0.29) is 12.0 Å². The number of hydrogen-bond donors (Lipinski definition) is 2. The fourth-order valence-corrected chi connectivity index (χ4v) is 3.12. The summed E-state index contributed by atoms with van der Waals surface area (Å²) in [5, 5.41) is 12.5. The summed E-state index contributed by atoms with van der Waals surface area (Å²) >= 11 is 0. The van der Waals surface area contributed by atoms with Crippen molar-refractivity contribution < 1.29 is 9.90 Å². The predicted molar refractivity (Wildman–Crippen MR) is 60.0 cm³/mol. The monoisotopic (exact) mass is 217 g/mol. The first-order chi connectivity index (χ1) is 7.70. The van der Waals surface area contributed by atoms with E-state index >= 15 is 0 Å². The van der Waals surface area contributed by atoms with Gasteiger partial charge in [-0.15, -0.1) is 0 Å². The normalized spacial score (nSPS) is 35.8. The van der Waals surface area contributed by atoms with Crippen molar-refractivity contribution in [2.75, 3.05) is 6.54 Å². The van der Waals surface area contributed by atoms with E-state index in [0.29, 0.717) is 11.8 Å². The van der Waals surface area contributed by atoms with Crippen LogP contribution in [0.1, 0.15) is 17.2 Å². The van der Waals surface area contributed by atoms with Crippen molar-refractivity contribution in [2.24, 2.45) is 17.8 Å². The Bertz CT molecular complexity index is 443. The molecule has 3 heteroatoms. The first-order valence-electron chi connectivity index (χ1n) is 5.72. The zero-order chi connectivity index (χ0) is 11.3. The van der Waals surface area contributed by atoms with Gasteiger partial charge in [0.15, 0.2) is 0 Å². The van der Waals surface area contributed by atoms with Crippen LogP contribution in [-0.4, -0.2) is 17.6 Å². The van der Waals surface area contributed by atoms with Crippen molar-refractivity contribution in [2.45, 2.75) is 13.0 Å². The number of carbonyl (C=O) groups is 1. The lowest BCUT2D eigenvalue weighted by molar-refractivity contribution is -0.139. The molecule has 84 valence electrons. The summed E-state index contributed by atoms with van der Waals surface area (Å²) in [4.78, 5) is 11.0. The summed E-state index contributed by atoms with van der Waals surface area (Å²) < 4.78 is 0. The molecule has 1 aromatic rings. The molecule has 3 rings (SSSR count). The molecule has 1 aliphatic carbocycles. The minimum Gasteiger partial charge on any atom is -0.481 e. The third-order valence-electron chi connectivity index (χ3n) is 4.00. The average Bonchev–Trinajstić information content (AvgIpc) is 2.83. The van der Waals surface area contributed by atoms with Gasteiger partial charge in [0.05, 0.1) is 5.92 Å². The van der Waals surface area contributed by atoms with Crippen molar-refractivity contribution in [3.8, 4) is 0 Å². The highest BCUT2D eigenvalue weighted by Crippen LogP contribution is 2.57. The van der Waals surface area contributed by atoms with Crippen molar-refractivity contribution in [1.29, 1.82) is 0 Å². The standard InChI is InChI=1S/C13H15NO2/c1-7-4-2-3-5-8(7)12-10-9(6-14-12)11(10)13(15)16/h2-5,9-12,14H,6H2,1H3,(H,15,16). The molecule has 4 atom stereocenters. The van der Waals surface area contributed by atoms with Crippen molar-refractivity contribution in [3.63, 3.8) is 0 Å². The maximum absolute atomic E-state index is 11.0. The highest BCUT2D eigenvalue weighted by Gasteiger charge is 2.62. The Morgan fingerprint density at radius 1 is 1.44 bits per heavy atom. The second-order valence-corrected chi connectivity index (χ2v) is 4.85. The SMILES string of the molecule is Cc1ccccc1C1NCC2C(C(=O)O)C12.